The first-order valence-corrected chi connectivity index (χ1v) is 12.1. The predicted octanol–water partition coefficient (Wildman–Crippen LogP) is 0.788. The number of nitrogens with two attached hydrogens (primary N) is 2. The average molecular weight is 557 g/mol. The number of hydrogen-bond acceptors (Lipinski definition) is 9. The van der Waals surface area contributed by atoms with Gasteiger partial charge in [0, 0.05) is 44.5 Å². The minimum atomic E-state index is -3.05. The number of carbonyl (C=O) groups excluding carboxylic acids is 2. The van der Waals surface area contributed by atoms with Crippen molar-refractivity contribution in [3.8, 4) is 0 Å². The Labute approximate surface area is 222 Å². The van der Waals surface area contributed by atoms with Gasteiger partial charge in [-0.3, -0.25) is 19.5 Å². The number of pyridine rings is 1. The molecular weight excluding hydrogens is 524 g/mol. The number of halogens is 4. The van der Waals surface area contributed by atoms with Gasteiger partial charge < -0.3 is 21.4 Å². The summed E-state index contributed by atoms with van der Waals surface area (Å²) >= 11 is 0. The summed E-state index contributed by atoms with van der Waals surface area (Å²) in [6.45, 7) is 2.30. The van der Waals surface area contributed by atoms with Crippen LogP contribution in [0.3, 0.4) is 0 Å². The van der Waals surface area contributed by atoms with Crippen LogP contribution in [-0.2, 0) is 28.6 Å². The molecule has 214 valence electrons. The van der Waals surface area contributed by atoms with Crippen LogP contribution >= 0.6 is 0 Å². The Bertz CT molecular complexity index is 1180. The summed E-state index contributed by atoms with van der Waals surface area (Å²) in [5.41, 5.74) is 4.16. The Balaban J connectivity index is 1.38. The lowest BCUT2D eigenvalue weighted by Crippen LogP contribution is -2.58. The zero-order chi connectivity index (χ0) is 28.8. The molecular formula is C23H32F4N10O2. The molecule has 1 unspecified atom stereocenters. The van der Waals surface area contributed by atoms with Crippen LogP contribution in [0, 0.1) is 0 Å². The van der Waals surface area contributed by atoms with E-state index in [1.807, 2.05) is 0 Å². The first-order valence-electron chi connectivity index (χ1n) is 12.1. The number of hydrazine groups is 1. The lowest BCUT2D eigenvalue weighted by Gasteiger charge is -2.41. The maximum atomic E-state index is 14.4. The van der Waals surface area contributed by atoms with Crippen LogP contribution in [0.2, 0.25) is 0 Å². The highest BCUT2D eigenvalue weighted by atomic mass is 19.3. The van der Waals surface area contributed by atoms with Crippen molar-refractivity contribution in [2.24, 2.45) is 11.6 Å². The summed E-state index contributed by atoms with van der Waals surface area (Å²) < 4.78 is 56.1. The number of rotatable bonds is 13. The van der Waals surface area contributed by atoms with E-state index < -0.39 is 23.7 Å². The van der Waals surface area contributed by atoms with Gasteiger partial charge in [0.1, 0.15) is 17.5 Å². The highest BCUT2D eigenvalue weighted by Gasteiger charge is 2.39. The number of alkyl halides is 4. The van der Waals surface area contributed by atoms with E-state index in [9.17, 15) is 27.2 Å². The average Bonchev–Trinajstić information content (AvgIpc) is 3.25. The molecule has 0 radical (unpaired) electrons. The number of aromatic nitrogens is 4. The summed E-state index contributed by atoms with van der Waals surface area (Å²) in [5, 5.41) is 13.6. The number of nitrogens with one attached hydrogen (secondary N) is 2. The SMILES string of the molecule is CC1(F)CN(CC(=O)Nc2cn(CC(F)CCN(N)/C=C(\N)C(=O)NCc3cc(C(C)(F)F)ccn3)nn2)C1. The Morgan fingerprint density at radius 3 is 2.74 bits per heavy atom. The summed E-state index contributed by atoms with van der Waals surface area (Å²) in [5.74, 6) is 1.80. The molecule has 1 atom stereocenters. The molecule has 2 amide bonds. The van der Waals surface area contributed by atoms with Crippen LogP contribution in [0.4, 0.5) is 23.4 Å². The Kier molecular flexibility index (Phi) is 9.45. The van der Waals surface area contributed by atoms with Gasteiger partial charge in [-0.25, -0.2) is 28.1 Å². The maximum absolute atomic E-state index is 14.4. The smallest absolute Gasteiger partial charge is 0.270 e. The van der Waals surface area contributed by atoms with Gasteiger partial charge in [-0.05, 0) is 25.5 Å². The fourth-order valence-electron chi connectivity index (χ4n) is 3.83. The zero-order valence-electron chi connectivity index (χ0n) is 21.6. The molecule has 1 fully saturated rings. The number of carbonyl (C=O) groups is 2. The summed E-state index contributed by atoms with van der Waals surface area (Å²) in [6, 6.07) is 2.36. The zero-order valence-corrected chi connectivity index (χ0v) is 21.6. The van der Waals surface area contributed by atoms with E-state index in [2.05, 4.69) is 25.9 Å². The minimum Gasteiger partial charge on any atom is -0.393 e. The Morgan fingerprint density at radius 1 is 1.36 bits per heavy atom. The van der Waals surface area contributed by atoms with E-state index >= 15 is 0 Å². The van der Waals surface area contributed by atoms with E-state index in [0.29, 0.717) is 0 Å². The van der Waals surface area contributed by atoms with Crippen LogP contribution in [0.15, 0.2) is 36.4 Å². The Hall–Kier alpha value is -3.79. The van der Waals surface area contributed by atoms with Crippen molar-refractivity contribution in [3.63, 3.8) is 0 Å². The third kappa shape index (κ3) is 9.47. The molecule has 0 saturated carbocycles. The van der Waals surface area contributed by atoms with Gasteiger partial charge in [-0.15, -0.1) is 5.10 Å². The van der Waals surface area contributed by atoms with Crippen molar-refractivity contribution in [2.75, 3.05) is 31.5 Å². The lowest BCUT2D eigenvalue weighted by molar-refractivity contribution is -0.121. The van der Waals surface area contributed by atoms with Crippen molar-refractivity contribution < 1.29 is 27.2 Å². The number of nitrogens with zero attached hydrogens (tertiary/aromatic N) is 6. The highest BCUT2D eigenvalue weighted by molar-refractivity contribution is 5.92. The van der Waals surface area contributed by atoms with Gasteiger partial charge in [-0.1, -0.05) is 5.21 Å². The second-order valence-electron chi connectivity index (χ2n) is 9.75. The first kappa shape index (κ1) is 29.8. The van der Waals surface area contributed by atoms with E-state index in [1.165, 1.54) is 36.1 Å². The second-order valence-corrected chi connectivity index (χ2v) is 9.75. The summed E-state index contributed by atoms with van der Waals surface area (Å²) in [6.07, 6.45) is 2.29. The third-order valence-electron chi connectivity index (χ3n) is 5.69. The molecule has 0 bridgehead atoms. The van der Waals surface area contributed by atoms with Crippen molar-refractivity contribution in [1.29, 1.82) is 0 Å². The normalized spacial score (nSPS) is 16.3. The number of amides is 2. The van der Waals surface area contributed by atoms with E-state index in [-0.39, 0.29) is 74.4 Å². The van der Waals surface area contributed by atoms with Crippen molar-refractivity contribution >= 4 is 17.6 Å². The molecule has 2 aromatic rings. The topological polar surface area (TPSA) is 160 Å². The van der Waals surface area contributed by atoms with Crippen LogP contribution in [-0.4, -0.2) is 79.7 Å². The fourth-order valence-corrected chi connectivity index (χ4v) is 3.83. The monoisotopic (exact) mass is 556 g/mol. The summed E-state index contributed by atoms with van der Waals surface area (Å²) in [4.78, 5) is 29.8. The molecule has 2 aromatic heterocycles. The van der Waals surface area contributed by atoms with Gasteiger partial charge in [0.15, 0.2) is 5.82 Å². The molecule has 39 heavy (non-hydrogen) atoms. The van der Waals surface area contributed by atoms with Crippen molar-refractivity contribution in [3.05, 3.63) is 47.7 Å². The number of hydrogen-bond donors (Lipinski definition) is 4. The Morgan fingerprint density at radius 2 is 2.08 bits per heavy atom. The number of anilines is 1. The van der Waals surface area contributed by atoms with Crippen LogP contribution < -0.4 is 22.2 Å². The highest BCUT2D eigenvalue weighted by Crippen LogP contribution is 2.26. The van der Waals surface area contributed by atoms with Crippen molar-refractivity contribution in [2.45, 2.75) is 51.1 Å². The van der Waals surface area contributed by atoms with Crippen LogP contribution in [0.25, 0.3) is 0 Å². The van der Waals surface area contributed by atoms with Crippen LogP contribution in [0.1, 0.15) is 31.5 Å². The summed E-state index contributed by atoms with van der Waals surface area (Å²) in [7, 11) is 0. The molecule has 1 aliphatic heterocycles. The van der Waals surface area contributed by atoms with Gasteiger partial charge in [0.05, 0.1) is 31.5 Å². The molecule has 0 spiro atoms. The van der Waals surface area contributed by atoms with Gasteiger partial charge >= 0.3 is 0 Å². The largest absolute Gasteiger partial charge is 0.393 e. The quantitative estimate of drug-likeness (QED) is 0.121. The third-order valence-corrected chi connectivity index (χ3v) is 5.69. The molecule has 16 heteroatoms. The molecule has 12 nitrogen and oxygen atoms in total. The molecule has 3 rings (SSSR count). The standard InChI is InChI=1S/C23H32F4N10O2/c1-22(25)13-35(14-22)12-20(38)32-19-11-37(34-33-19)9-16(24)4-6-36(29)10-18(28)21(39)31-8-17-7-15(3-5-30-17)23(2,26)27/h3,5,7,10-11,16H,4,6,8-9,12-14,28-29H2,1-2H3,(H,31,39)(H,32,38)/b18-10-. The number of likely N-dealkylation sites (tertiary alicyclic amines) is 1. The lowest BCUT2D eigenvalue weighted by atomic mass is 9.99. The molecule has 0 aliphatic carbocycles. The molecule has 0 aromatic carbocycles. The fraction of sp³-hybridized carbons (Fsp3) is 0.522. The molecule has 3 heterocycles. The second kappa shape index (κ2) is 12.4. The maximum Gasteiger partial charge on any atom is 0.270 e. The van der Waals surface area contributed by atoms with Crippen molar-refractivity contribution in [1.82, 2.24) is 35.2 Å². The van der Waals surface area contributed by atoms with Gasteiger partial charge in [0.2, 0.25) is 5.91 Å². The minimum absolute atomic E-state index is 0.00590. The van der Waals surface area contributed by atoms with Gasteiger partial charge in [-0.2, -0.15) is 0 Å². The van der Waals surface area contributed by atoms with E-state index in [4.69, 9.17) is 11.6 Å². The van der Waals surface area contributed by atoms with E-state index in [0.717, 1.165) is 18.1 Å². The first-order chi connectivity index (χ1) is 18.2. The molecule has 6 N–H and O–H groups in total. The van der Waals surface area contributed by atoms with Crippen LogP contribution in [0.5, 0.6) is 0 Å². The predicted molar refractivity (Wildman–Crippen MR) is 133 cm³/mol. The molecule has 1 saturated heterocycles. The van der Waals surface area contributed by atoms with Gasteiger partial charge in [0.25, 0.3) is 11.8 Å². The molecule has 1 aliphatic rings. The van der Waals surface area contributed by atoms with E-state index in [1.54, 1.807) is 4.90 Å².